The van der Waals surface area contributed by atoms with Crippen LogP contribution in [0.25, 0.3) is 0 Å². The summed E-state index contributed by atoms with van der Waals surface area (Å²) in [6.45, 7) is 8.84. The zero-order valence-electron chi connectivity index (χ0n) is 21.4. The second-order valence-electron chi connectivity index (χ2n) is 10.5. The predicted octanol–water partition coefficient (Wildman–Crippen LogP) is 3.39. The number of hydrogen-bond acceptors (Lipinski definition) is 9. The third-order valence-electron chi connectivity index (χ3n) is 7.51. The number of nitrogens with zero attached hydrogens (tertiary/aromatic N) is 5. The number of rotatable bonds is 7. The molecule has 11 heteroatoms. The Bertz CT molecular complexity index is 1200. The highest BCUT2D eigenvalue weighted by Crippen LogP contribution is 2.34. The molecule has 1 aromatic carbocycles. The SMILES string of the molecule is CC(C)c1noc(C2CNCCC2C(C)Nc2cnc(N3C[C@H](c4cc(F)ccc4F)[C@@H](N)C3)nc2)n1. The highest BCUT2D eigenvalue weighted by Gasteiger charge is 2.36. The first-order chi connectivity index (χ1) is 17.8. The number of benzene rings is 1. The standard InChI is InChI=1S/C26H34F2N8O/c1-14(2)24-34-25(37-35-24)20-11-30-7-6-18(20)15(3)33-17-9-31-26(32-10-17)36-12-21(23(29)13-36)19-8-16(27)4-5-22(19)28/h4-5,8-10,14-15,18,20-21,23,30,33H,6-7,11-13,29H2,1-3H3/t15?,18?,20?,21-,23+/m1/s1. The lowest BCUT2D eigenvalue weighted by atomic mass is 9.81. The van der Waals surface area contributed by atoms with Crippen LogP contribution in [0.1, 0.15) is 62.2 Å². The van der Waals surface area contributed by atoms with Crippen LogP contribution in [0, 0.1) is 17.6 Å². The van der Waals surface area contributed by atoms with Crippen LogP contribution in [-0.4, -0.2) is 58.4 Å². The summed E-state index contributed by atoms with van der Waals surface area (Å²) in [6, 6.07) is 3.26. The van der Waals surface area contributed by atoms with Gasteiger partial charge in [0.25, 0.3) is 0 Å². The summed E-state index contributed by atoms with van der Waals surface area (Å²) in [5.74, 6) is 1.28. The molecule has 0 bridgehead atoms. The maximum Gasteiger partial charge on any atom is 0.231 e. The molecule has 0 aliphatic carbocycles. The minimum Gasteiger partial charge on any atom is -0.380 e. The molecule has 4 heterocycles. The summed E-state index contributed by atoms with van der Waals surface area (Å²) in [6.07, 6.45) is 4.47. The van der Waals surface area contributed by atoms with Gasteiger partial charge in [-0.25, -0.2) is 18.7 Å². The van der Waals surface area contributed by atoms with Crippen molar-refractivity contribution in [2.45, 2.75) is 57.0 Å². The number of anilines is 2. The molecule has 3 unspecified atom stereocenters. The molecule has 2 saturated heterocycles. The fourth-order valence-corrected chi connectivity index (χ4v) is 5.43. The molecule has 2 aliphatic heterocycles. The van der Waals surface area contributed by atoms with Gasteiger partial charge >= 0.3 is 0 Å². The summed E-state index contributed by atoms with van der Waals surface area (Å²) in [5.41, 5.74) is 7.39. The zero-order valence-corrected chi connectivity index (χ0v) is 21.4. The average Bonchev–Trinajstić information content (AvgIpc) is 3.53. The van der Waals surface area contributed by atoms with Gasteiger partial charge in [0.1, 0.15) is 11.6 Å². The normalized spacial score (nSPS) is 25.0. The molecule has 2 aliphatic rings. The Morgan fingerprint density at radius 2 is 1.92 bits per heavy atom. The van der Waals surface area contributed by atoms with Crippen molar-refractivity contribution in [2.24, 2.45) is 11.7 Å². The number of hydrogen-bond donors (Lipinski definition) is 3. The van der Waals surface area contributed by atoms with Gasteiger partial charge in [-0.05, 0) is 49.6 Å². The van der Waals surface area contributed by atoms with Crippen LogP contribution >= 0.6 is 0 Å². The Morgan fingerprint density at radius 3 is 2.65 bits per heavy atom. The summed E-state index contributed by atoms with van der Waals surface area (Å²) in [4.78, 5) is 15.6. The minimum absolute atomic E-state index is 0.114. The third kappa shape index (κ3) is 5.42. The topological polar surface area (TPSA) is 118 Å². The Balaban J connectivity index is 1.24. The maximum atomic E-state index is 14.3. The number of aromatic nitrogens is 4. The second kappa shape index (κ2) is 10.7. The van der Waals surface area contributed by atoms with E-state index < -0.39 is 11.6 Å². The molecule has 0 radical (unpaired) electrons. The van der Waals surface area contributed by atoms with Gasteiger partial charge in [0.05, 0.1) is 24.0 Å². The average molecular weight is 513 g/mol. The second-order valence-corrected chi connectivity index (χ2v) is 10.5. The minimum atomic E-state index is -0.474. The molecule has 9 nitrogen and oxygen atoms in total. The van der Waals surface area contributed by atoms with Crippen LogP contribution in [0.3, 0.4) is 0 Å². The van der Waals surface area contributed by atoms with Crippen molar-refractivity contribution >= 4 is 11.6 Å². The number of piperidine rings is 1. The van der Waals surface area contributed by atoms with Gasteiger partial charge in [-0.15, -0.1) is 0 Å². The van der Waals surface area contributed by atoms with E-state index in [9.17, 15) is 8.78 Å². The Labute approximate surface area is 215 Å². The van der Waals surface area contributed by atoms with Crippen LogP contribution in [0.5, 0.6) is 0 Å². The van der Waals surface area contributed by atoms with Crippen molar-refractivity contribution in [2.75, 3.05) is 36.4 Å². The lowest BCUT2D eigenvalue weighted by Crippen LogP contribution is -2.42. The van der Waals surface area contributed by atoms with Crippen molar-refractivity contribution in [3.8, 4) is 0 Å². The van der Waals surface area contributed by atoms with Crippen molar-refractivity contribution in [1.82, 2.24) is 25.4 Å². The number of nitrogens with two attached hydrogens (primary N) is 1. The summed E-state index contributed by atoms with van der Waals surface area (Å²) < 4.78 is 33.7. The molecule has 5 rings (SSSR count). The highest BCUT2D eigenvalue weighted by atomic mass is 19.1. The van der Waals surface area contributed by atoms with Gasteiger partial charge in [-0.2, -0.15) is 4.98 Å². The Kier molecular flexibility index (Phi) is 7.34. The molecule has 0 spiro atoms. The van der Waals surface area contributed by atoms with Crippen LogP contribution in [-0.2, 0) is 0 Å². The molecule has 37 heavy (non-hydrogen) atoms. The van der Waals surface area contributed by atoms with Crippen molar-refractivity contribution in [3.05, 3.63) is 59.5 Å². The van der Waals surface area contributed by atoms with Crippen LogP contribution in [0.4, 0.5) is 20.4 Å². The molecular formula is C26H34F2N8O. The highest BCUT2D eigenvalue weighted by molar-refractivity contribution is 5.45. The fraction of sp³-hybridized carbons (Fsp3) is 0.538. The predicted molar refractivity (Wildman–Crippen MR) is 137 cm³/mol. The fourth-order valence-electron chi connectivity index (χ4n) is 5.43. The van der Waals surface area contributed by atoms with Crippen LogP contribution < -0.4 is 21.3 Å². The molecule has 5 atom stereocenters. The Morgan fingerprint density at radius 1 is 1.14 bits per heavy atom. The van der Waals surface area contributed by atoms with E-state index in [4.69, 9.17) is 10.3 Å². The summed E-state index contributed by atoms with van der Waals surface area (Å²) >= 11 is 0. The molecule has 3 aromatic rings. The molecule has 2 fully saturated rings. The number of nitrogens with one attached hydrogen (secondary N) is 2. The van der Waals surface area contributed by atoms with Crippen molar-refractivity contribution in [1.29, 1.82) is 0 Å². The summed E-state index contributed by atoms with van der Waals surface area (Å²) in [7, 11) is 0. The van der Waals surface area contributed by atoms with Crippen molar-refractivity contribution in [3.63, 3.8) is 0 Å². The quantitative estimate of drug-likeness (QED) is 0.438. The van der Waals surface area contributed by atoms with E-state index in [1.165, 1.54) is 6.07 Å². The van der Waals surface area contributed by atoms with E-state index in [-0.39, 0.29) is 29.8 Å². The van der Waals surface area contributed by atoms with Gasteiger partial charge in [0.2, 0.25) is 11.8 Å². The van der Waals surface area contributed by atoms with E-state index in [1.807, 2.05) is 4.90 Å². The monoisotopic (exact) mass is 512 g/mol. The van der Waals surface area contributed by atoms with E-state index in [0.717, 1.165) is 43.2 Å². The molecule has 2 aromatic heterocycles. The van der Waals surface area contributed by atoms with E-state index in [2.05, 4.69) is 51.5 Å². The third-order valence-corrected chi connectivity index (χ3v) is 7.51. The number of halogens is 2. The molecule has 4 N–H and O–H groups in total. The van der Waals surface area contributed by atoms with Gasteiger partial charge < -0.3 is 25.8 Å². The lowest BCUT2D eigenvalue weighted by molar-refractivity contribution is 0.240. The first kappa shape index (κ1) is 25.5. The van der Waals surface area contributed by atoms with Gasteiger partial charge in [-0.3, -0.25) is 0 Å². The maximum absolute atomic E-state index is 14.3. The zero-order chi connectivity index (χ0) is 26.1. The van der Waals surface area contributed by atoms with Crippen LogP contribution in [0.15, 0.2) is 35.1 Å². The van der Waals surface area contributed by atoms with E-state index in [1.54, 1.807) is 12.4 Å². The van der Waals surface area contributed by atoms with Gasteiger partial charge in [0.15, 0.2) is 5.82 Å². The van der Waals surface area contributed by atoms with Gasteiger partial charge in [0, 0.05) is 43.6 Å². The molecule has 0 amide bonds. The molecule has 0 saturated carbocycles. The first-order valence-corrected chi connectivity index (χ1v) is 12.9. The van der Waals surface area contributed by atoms with Crippen molar-refractivity contribution < 1.29 is 13.3 Å². The molecular weight excluding hydrogens is 478 g/mol. The smallest absolute Gasteiger partial charge is 0.231 e. The van der Waals surface area contributed by atoms with E-state index >= 15 is 0 Å². The summed E-state index contributed by atoms with van der Waals surface area (Å²) in [5, 5.41) is 11.1. The molecule has 198 valence electrons. The van der Waals surface area contributed by atoms with Crippen LogP contribution in [0.2, 0.25) is 0 Å². The van der Waals surface area contributed by atoms with E-state index in [0.29, 0.717) is 36.4 Å². The Hall–Kier alpha value is -3.18. The largest absolute Gasteiger partial charge is 0.380 e. The lowest BCUT2D eigenvalue weighted by Gasteiger charge is -2.34. The first-order valence-electron chi connectivity index (χ1n) is 12.9. The van der Waals surface area contributed by atoms with Gasteiger partial charge in [-0.1, -0.05) is 19.0 Å².